The molecular formula is C11H12F2N2O2. The van der Waals surface area contributed by atoms with Crippen LogP contribution >= 0.6 is 0 Å². The summed E-state index contributed by atoms with van der Waals surface area (Å²) < 4.78 is 37.8. The molecule has 2 aromatic rings. The van der Waals surface area contributed by atoms with Gasteiger partial charge in [-0.25, -0.2) is 13.8 Å². The van der Waals surface area contributed by atoms with Crippen LogP contribution in [0.15, 0.2) is 18.5 Å². The van der Waals surface area contributed by atoms with Crippen molar-refractivity contribution >= 4 is 11.0 Å². The van der Waals surface area contributed by atoms with Gasteiger partial charge in [-0.15, -0.1) is 0 Å². The molecule has 0 N–H and O–H groups in total. The molecule has 1 aromatic carbocycles. The van der Waals surface area contributed by atoms with Gasteiger partial charge >= 0.3 is 0 Å². The molecule has 4 nitrogen and oxygen atoms in total. The predicted molar refractivity (Wildman–Crippen MR) is 57.5 cm³/mol. The van der Waals surface area contributed by atoms with E-state index < -0.39 is 17.9 Å². The first kappa shape index (κ1) is 11.9. The average molecular weight is 242 g/mol. The number of rotatable bonds is 4. The first-order valence-corrected chi connectivity index (χ1v) is 5.01. The number of halogens is 2. The second-order valence-corrected chi connectivity index (χ2v) is 3.55. The molecule has 0 saturated heterocycles. The molecule has 1 aromatic heterocycles. The van der Waals surface area contributed by atoms with Crippen LogP contribution in [-0.4, -0.2) is 30.1 Å². The Hall–Kier alpha value is -1.53. The number of hydrogen-bond donors (Lipinski definition) is 0. The number of methoxy groups -OCH3 is 2. The summed E-state index contributed by atoms with van der Waals surface area (Å²) in [4.78, 5) is 3.99. The highest BCUT2D eigenvalue weighted by molar-refractivity contribution is 5.75. The standard InChI is InChI=1S/C11H12F2N2O2/c1-16-11(17-2)5-15-6-14-9-3-7(12)8(13)4-10(9)15/h3-4,6,11H,5H2,1-2H3. The van der Waals surface area contributed by atoms with Gasteiger partial charge in [0, 0.05) is 26.4 Å². The van der Waals surface area contributed by atoms with Crippen LogP contribution in [0.25, 0.3) is 11.0 Å². The van der Waals surface area contributed by atoms with Crippen LogP contribution in [0.2, 0.25) is 0 Å². The Labute approximate surface area is 96.8 Å². The highest BCUT2D eigenvalue weighted by Gasteiger charge is 2.12. The monoisotopic (exact) mass is 242 g/mol. The van der Waals surface area contributed by atoms with Gasteiger partial charge in [0.2, 0.25) is 0 Å². The van der Waals surface area contributed by atoms with E-state index in [1.165, 1.54) is 20.5 Å². The van der Waals surface area contributed by atoms with E-state index in [4.69, 9.17) is 9.47 Å². The summed E-state index contributed by atoms with van der Waals surface area (Å²) in [6, 6.07) is 2.18. The third-order valence-electron chi connectivity index (χ3n) is 2.53. The minimum Gasteiger partial charge on any atom is -0.354 e. The van der Waals surface area contributed by atoms with E-state index in [0.29, 0.717) is 17.6 Å². The van der Waals surface area contributed by atoms with Gasteiger partial charge in [0.05, 0.1) is 23.9 Å². The Bertz CT molecular complexity index is 523. The van der Waals surface area contributed by atoms with E-state index in [1.54, 1.807) is 4.57 Å². The largest absolute Gasteiger partial charge is 0.354 e. The van der Waals surface area contributed by atoms with E-state index in [2.05, 4.69) is 4.98 Å². The summed E-state index contributed by atoms with van der Waals surface area (Å²) in [5.74, 6) is -1.80. The normalized spacial score (nSPS) is 11.6. The fourth-order valence-corrected chi connectivity index (χ4v) is 1.60. The smallest absolute Gasteiger partial charge is 0.174 e. The van der Waals surface area contributed by atoms with Gasteiger partial charge in [-0.1, -0.05) is 0 Å². The van der Waals surface area contributed by atoms with Crippen LogP contribution in [0.4, 0.5) is 8.78 Å². The van der Waals surface area contributed by atoms with Crippen molar-refractivity contribution in [1.82, 2.24) is 9.55 Å². The number of ether oxygens (including phenoxy) is 2. The molecule has 1 heterocycles. The molecule has 0 amide bonds. The predicted octanol–water partition coefficient (Wildman–Crippen LogP) is 1.93. The van der Waals surface area contributed by atoms with Crippen molar-refractivity contribution < 1.29 is 18.3 Å². The molecule has 0 aliphatic carbocycles. The van der Waals surface area contributed by atoms with Gasteiger partial charge in [0.15, 0.2) is 17.9 Å². The molecule has 0 aliphatic heterocycles. The number of fused-ring (bicyclic) bond motifs is 1. The molecule has 0 bridgehead atoms. The fraction of sp³-hybridized carbons (Fsp3) is 0.364. The Balaban J connectivity index is 2.38. The topological polar surface area (TPSA) is 36.3 Å². The molecule has 0 aliphatic rings. The zero-order valence-electron chi connectivity index (χ0n) is 9.48. The summed E-state index contributed by atoms with van der Waals surface area (Å²) in [7, 11) is 3.01. The SMILES string of the molecule is COC(Cn1cnc2cc(F)c(F)cc21)OC. The highest BCUT2D eigenvalue weighted by atomic mass is 19.2. The van der Waals surface area contributed by atoms with Crippen molar-refractivity contribution in [3.05, 3.63) is 30.1 Å². The molecule has 92 valence electrons. The van der Waals surface area contributed by atoms with Crippen molar-refractivity contribution in [3.8, 4) is 0 Å². The van der Waals surface area contributed by atoms with E-state index >= 15 is 0 Å². The third-order valence-corrected chi connectivity index (χ3v) is 2.53. The number of hydrogen-bond acceptors (Lipinski definition) is 3. The maximum Gasteiger partial charge on any atom is 0.174 e. The number of nitrogens with zero attached hydrogens (tertiary/aromatic N) is 2. The lowest BCUT2D eigenvalue weighted by atomic mass is 10.3. The van der Waals surface area contributed by atoms with Crippen molar-refractivity contribution in [2.45, 2.75) is 12.8 Å². The highest BCUT2D eigenvalue weighted by Crippen LogP contribution is 2.18. The van der Waals surface area contributed by atoms with Crippen LogP contribution in [0, 0.1) is 11.6 Å². The lowest BCUT2D eigenvalue weighted by Gasteiger charge is -2.14. The second kappa shape index (κ2) is 4.77. The molecule has 0 unspecified atom stereocenters. The average Bonchev–Trinajstić information content (AvgIpc) is 2.69. The van der Waals surface area contributed by atoms with Gasteiger partial charge in [0.1, 0.15) is 0 Å². The van der Waals surface area contributed by atoms with E-state index in [0.717, 1.165) is 12.1 Å². The summed E-state index contributed by atoms with van der Waals surface area (Å²) in [5, 5.41) is 0. The lowest BCUT2D eigenvalue weighted by Crippen LogP contribution is -2.20. The quantitative estimate of drug-likeness (QED) is 0.769. The maximum atomic E-state index is 13.1. The fourth-order valence-electron chi connectivity index (χ4n) is 1.60. The van der Waals surface area contributed by atoms with Crippen molar-refractivity contribution in [1.29, 1.82) is 0 Å². The van der Waals surface area contributed by atoms with Gasteiger partial charge in [0.25, 0.3) is 0 Å². The zero-order chi connectivity index (χ0) is 12.4. The zero-order valence-corrected chi connectivity index (χ0v) is 9.48. The number of benzene rings is 1. The van der Waals surface area contributed by atoms with Crippen molar-refractivity contribution in [2.75, 3.05) is 14.2 Å². The molecular weight excluding hydrogens is 230 g/mol. The molecule has 17 heavy (non-hydrogen) atoms. The van der Waals surface area contributed by atoms with Crippen LogP contribution in [-0.2, 0) is 16.0 Å². The van der Waals surface area contributed by atoms with E-state index in [1.807, 2.05) is 0 Å². The Morgan fingerprint density at radius 1 is 1.24 bits per heavy atom. The Morgan fingerprint density at radius 3 is 2.53 bits per heavy atom. The van der Waals surface area contributed by atoms with Gasteiger partial charge in [-0.2, -0.15) is 0 Å². The van der Waals surface area contributed by atoms with E-state index in [-0.39, 0.29) is 0 Å². The van der Waals surface area contributed by atoms with Gasteiger partial charge in [-0.05, 0) is 0 Å². The van der Waals surface area contributed by atoms with Crippen LogP contribution in [0.1, 0.15) is 0 Å². The second-order valence-electron chi connectivity index (χ2n) is 3.55. The molecule has 0 fully saturated rings. The number of imidazole rings is 1. The third kappa shape index (κ3) is 2.27. The molecule has 2 rings (SSSR count). The lowest BCUT2D eigenvalue weighted by molar-refractivity contribution is -0.110. The maximum absolute atomic E-state index is 13.1. The minimum absolute atomic E-state index is 0.356. The molecule has 6 heteroatoms. The summed E-state index contributed by atoms with van der Waals surface area (Å²) >= 11 is 0. The van der Waals surface area contributed by atoms with Gasteiger partial charge < -0.3 is 14.0 Å². The summed E-state index contributed by atoms with van der Waals surface area (Å²) in [5.41, 5.74) is 0.901. The van der Waals surface area contributed by atoms with Crippen LogP contribution in [0.5, 0.6) is 0 Å². The van der Waals surface area contributed by atoms with Crippen molar-refractivity contribution in [3.63, 3.8) is 0 Å². The minimum atomic E-state index is -0.905. The molecule has 0 radical (unpaired) electrons. The summed E-state index contributed by atoms with van der Waals surface area (Å²) in [6.07, 6.45) is 1.04. The first-order chi connectivity index (χ1) is 8.15. The van der Waals surface area contributed by atoms with E-state index in [9.17, 15) is 8.78 Å². The van der Waals surface area contributed by atoms with Crippen LogP contribution < -0.4 is 0 Å². The first-order valence-electron chi connectivity index (χ1n) is 5.01. The Morgan fingerprint density at radius 2 is 1.88 bits per heavy atom. The Kier molecular flexibility index (Phi) is 3.35. The number of aromatic nitrogens is 2. The molecule has 0 saturated carbocycles. The van der Waals surface area contributed by atoms with Crippen molar-refractivity contribution in [2.24, 2.45) is 0 Å². The molecule has 0 atom stereocenters. The summed E-state index contributed by atoms with van der Waals surface area (Å²) in [6.45, 7) is 0.356. The molecule has 0 spiro atoms. The van der Waals surface area contributed by atoms with Crippen LogP contribution in [0.3, 0.4) is 0 Å². The van der Waals surface area contributed by atoms with Gasteiger partial charge in [-0.3, -0.25) is 0 Å².